The second-order valence-electron chi connectivity index (χ2n) is 6.69. The van der Waals surface area contributed by atoms with E-state index < -0.39 is 65.8 Å². The van der Waals surface area contributed by atoms with Crippen LogP contribution in [0.1, 0.15) is 6.23 Å². The zero-order chi connectivity index (χ0) is 24.6. The Labute approximate surface area is 184 Å². The molecule has 1 fully saturated rings. The van der Waals surface area contributed by atoms with Gasteiger partial charge in [0.05, 0.1) is 19.5 Å². The Morgan fingerprint density at radius 1 is 1.15 bits per heavy atom. The summed E-state index contributed by atoms with van der Waals surface area (Å²) in [5.41, 5.74) is 6.05. The third-order valence-electron chi connectivity index (χ3n) is 4.36. The SMILES string of the molecule is Nc1ncnc2c1ncn2C1OC(COP(=O)(O)OP(=O)(O)OC(O)[C@H](O)CO)C(O)C1O. The van der Waals surface area contributed by atoms with E-state index in [4.69, 9.17) is 20.7 Å². The molecule has 186 valence electrons. The molecule has 0 aromatic carbocycles. The van der Waals surface area contributed by atoms with E-state index in [0.717, 1.165) is 6.33 Å². The van der Waals surface area contributed by atoms with Crippen molar-refractivity contribution in [3.05, 3.63) is 12.7 Å². The normalized spacial score (nSPS) is 28.9. The molecule has 1 saturated heterocycles. The highest BCUT2D eigenvalue weighted by Crippen LogP contribution is 2.61. The van der Waals surface area contributed by atoms with Gasteiger partial charge in [0.2, 0.25) is 0 Å². The lowest BCUT2D eigenvalue weighted by molar-refractivity contribution is -0.127. The van der Waals surface area contributed by atoms with Gasteiger partial charge in [0.1, 0.15) is 36.3 Å². The summed E-state index contributed by atoms with van der Waals surface area (Å²) in [5.74, 6) is 0.0531. The summed E-state index contributed by atoms with van der Waals surface area (Å²) in [4.78, 5) is 30.8. The van der Waals surface area contributed by atoms with E-state index in [1.807, 2.05) is 0 Å². The van der Waals surface area contributed by atoms with Crippen LogP contribution in [0.3, 0.4) is 0 Å². The van der Waals surface area contributed by atoms with E-state index in [-0.39, 0.29) is 17.0 Å². The quantitative estimate of drug-likeness (QED) is 0.115. The number of fused-ring (bicyclic) bond motifs is 1. The topological polar surface area (TPSA) is 282 Å². The number of nitrogens with zero attached hydrogens (tertiary/aromatic N) is 4. The van der Waals surface area contributed by atoms with Crippen molar-refractivity contribution in [2.24, 2.45) is 0 Å². The van der Waals surface area contributed by atoms with E-state index in [1.54, 1.807) is 0 Å². The van der Waals surface area contributed by atoms with Gasteiger partial charge in [-0.3, -0.25) is 13.6 Å². The van der Waals surface area contributed by atoms with E-state index in [0.29, 0.717) is 0 Å². The molecule has 0 amide bonds. The van der Waals surface area contributed by atoms with Crippen molar-refractivity contribution < 1.29 is 62.5 Å². The number of rotatable bonds is 10. The molecule has 2 aromatic heterocycles. The number of anilines is 1. The maximum atomic E-state index is 12.0. The summed E-state index contributed by atoms with van der Waals surface area (Å²) in [6, 6.07) is 0. The van der Waals surface area contributed by atoms with Crippen LogP contribution < -0.4 is 5.73 Å². The molecule has 18 nitrogen and oxygen atoms in total. The van der Waals surface area contributed by atoms with Crippen LogP contribution in [0.4, 0.5) is 5.82 Å². The van der Waals surface area contributed by atoms with Crippen molar-refractivity contribution >= 4 is 32.6 Å². The molecule has 8 atom stereocenters. The summed E-state index contributed by atoms with van der Waals surface area (Å²) < 4.78 is 42.9. The minimum absolute atomic E-state index is 0.0531. The van der Waals surface area contributed by atoms with Crippen molar-refractivity contribution in [3.63, 3.8) is 0 Å². The number of nitrogens with two attached hydrogens (primary N) is 1. The first-order valence-corrected chi connectivity index (χ1v) is 12.0. The molecule has 0 bridgehead atoms. The van der Waals surface area contributed by atoms with Crippen LogP contribution in [-0.4, -0.2) is 98.8 Å². The number of imidazole rings is 1. The smallest absolute Gasteiger partial charge is 0.393 e. The fourth-order valence-corrected chi connectivity index (χ4v) is 4.93. The van der Waals surface area contributed by atoms with Crippen LogP contribution in [0, 0.1) is 0 Å². The molecule has 7 unspecified atom stereocenters. The summed E-state index contributed by atoms with van der Waals surface area (Å²) in [6.45, 7) is -1.96. The van der Waals surface area contributed by atoms with E-state index in [1.165, 1.54) is 10.9 Å². The van der Waals surface area contributed by atoms with Crippen molar-refractivity contribution in [2.75, 3.05) is 18.9 Å². The number of hydrogen-bond donors (Lipinski definition) is 8. The molecule has 2 aromatic rings. The van der Waals surface area contributed by atoms with E-state index in [9.17, 15) is 34.2 Å². The Balaban J connectivity index is 1.64. The van der Waals surface area contributed by atoms with Gasteiger partial charge in [0, 0.05) is 0 Å². The lowest BCUT2D eigenvalue weighted by Gasteiger charge is -2.21. The second kappa shape index (κ2) is 9.93. The molecule has 1 aliphatic heterocycles. The van der Waals surface area contributed by atoms with Gasteiger partial charge in [0.25, 0.3) is 0 Å². The van der Waals surface area contributed by atoms with Crippen LogP contribution in [0.15, 0.2) is 12.7 Å². The number of aliphatic hydroxyl groups is 5. The number of phosphoric acid groups is 2. The van der Waals surface area contributed by atoms with Gasteiger partial charge in [-0.05, 0) is 0 Å². The number of hydrogen-bond acceptors (Lipinski definition) is 15. The zero-order valence-electron chi connectivity index (χ0n) is 16.4. The molecular weight excluding hydrogens is 496 g/mol. The van der Waals surface area contributed by atoms with Crippen LogP contribution in [0.25, 0.3) is 11.2 Å². The second-order valence-corrected chi connectivity index (χ2v) is 9.69. The van der Waals surface area contributed by atoms with Crippen molar-refractivity contribution in [2.45, 2.75) is 36.9 Å². The number of ether oxygens (including phenoxy) is 1. The third kappa shape index (κ3) is 5.90. The van der Waals surface area contributed by atoms with Crippen LogP contribution in [-0.2, 0) is 27.2 Å². The predicted molar refractivity (Wildman–Crippen MR) is 103 cm³/mol. The maximum absolute atomic E-state index is 12.0. The maximum Gasteiger partial charge on any atom is 0.483 e. The molecular formula is C13H21N5O13P2. The Morgan fingerprint density at radius 3 is 2.52 bits per heavy atom. The molecule has 3 heterocycles. The molecule has 1 aliphatic rings. The average molecular weight is 517 g/mol. The zero-order valence-corrected chi connectivity index (χ0v) is 18.2. The largest absolute Gasteiger partial charge is 0.483 e. The standard InChI is InChI=1S/C13H21N5O13P2/c14-10-7-11(16-3-15-10)18(4-17-7)12-9(22)8(21)6(29-12)2-28-32(24,25)31-33(26,27)30-13(23)5(20)1-19/h3-6,8-9,12-13,19-23H,1-2H2,(H,24,25)(H,26,27)(H2,14,15,16)/t5-,6?,8?,9?,12?,13?/m1/s1. The third-order valence-corrected chi connectivity index (χ3v) is 6.97. The van der Waals surface area contributed by atoms with Gasteiger partial charge in [-0.15, -0.1) is 0 Å². The number of phosphoric ester groups is 2. The minimum Gasteiger partial charge on any atom is -0.393 e. The molecule has 20 heteroatoms. The van der Waals surface area contributed by atoms with E-state index >= 15 is 0 Å². The first-order chi connectivity index (χ1) is 15.3. The Bertz CT molecular complexity index is 1070. The van der Waals surface area contributed by atoms with Crippen LogP contribution in [0.5, 0.6) is 0 Å². The summed E-state index contributed by atoms with van der Waals surface area (Å²) >= 11 is 0. The highest BCUT2D eigenvalue weighted by atomic mass is 31.3. The highest BCUT2D eigenvalue weighted by molar-refractivity contribution is 7.61. The molecule has 3 rings (SSSR count). The average Bonchev–Trinajstić information content (AvgIpc) is 3.27. The van der Waals surface area contributed by atoms with Gasteiger partial charge in [-0.2, -0.15) is 4.31 Å². The van der Waals surface area contributed by atoms with Crippen molar-refractivity contribution in [1.29, 1.82) is 0 Å². The van der Waals surface area contributed by atoms with Crippen molar-refractivity contribution in [1.82, 2.24) is 19.5 Å². The van der Waals surface area contributed by atoms with Gasteiger partial charge >= 0.3 is 15.6 Å². The Hall–Kier alpha value is -1.63. The summed E-state index contributed by atoms with van der Waals surface area (Å²) in [7, 11) is -10.8. The monoisotopic (exact) mass is 517 g/mol. The van der Waals surface area contributed by atoms with Crippen LogP contribution >= 0.6 is 15.6 Å². The van der Waals surface area contributed by atoms with Crippen LogP contribution in [0.2, 0.25) is 0 Å². The molecule has 33 heavy (non-hydrogen) atoms. The molecule has 0 saturated carbocycles. The molecule has 9 N–H and O–H groups in total. The highest BCUT2D eigenvalue weighted by Gasteiger charge is 2.46. The molecule has 0 aliphatic carbocycles. The van der Waals surface area contributed by atoms with Gasteiger partial charge < -0.3 is 45.8 Å². The van der Waals surface area contributed by atoms with Gasteiger partial charge in [0.15, 0.2) is 24.0 Å². The first kappa shape index (κ1) is 26.0. The fraction of sp³-hybridized carbons (Fsp3) is 0.615. The lowest BCUT2D eigenvalue weighted by atomic mass is 10.1. The number of nitrogen functional groups attached to an aromatic ring is 1. The Morgan fingerprint density at radius 2 is 1.85 bits per heavy atom. The van der Waals surface area contributed by atoms with Crippen molar-refractivity contribution in [3.8, 4) is 0 Å². The lowest BCUT2D eigenvalue weighted by Crippen LogP contribution is -2.33. The Kier molecular flexibility index (Phi) is 7.82. The fourth-order valence-electron chi connectivity index (χ4n) is 2.79. The first-order valence-electron chi connectivity index (χ1n) is 8.96. The predicted octanol–water partition coefficient (Wildman–Crippen LogP) is -3.05. The van der Waals surface area contributed by atoms with Gasteiger partial charge in [-0.1, -0.05) is 0 Å². The van der Waals surface area contributed by atoms with E-state index in [2.05, 4.69) is 28.3 Å². The molecule has 0 spiro atoms. The summed E-state index contributed by atoms with van der Waals surface area (Å²) in [5, 5.41) is 47.6. The minimum atomic E-state index is -5.46. The summed E-state index contributed by atoms with van der Waals surface area (Å²) in [6.07, 6.45) is -8.00. The number of aromatic nitrogens is 4. The number of aliphatic hydroxyl groups excluding tert-OH is 5. The molecule has 0 radical (unpaired) electrons. The van der Waals surface area contributed by atoms with Gasteiger partial charge in [-0.25, -0.2) is 24.1 Å².